The summed E-state index contributed by atoms with van der Waals surface area (Å²) in [5.74, 6) is 0.0507. The Kier molecular flexibility index (Phi) is 6.07. The van der Waals surface area contributed by atoms with E-state index < -0.39 is 0 Å². The highest BCUT2D eigenvalue weighted by Gasteiger charge is 2.18. The highest BCUT2D eigenvalue weighted by molar-refractivity contribution is 14.1. The molecule has 1 aromatic heterocycles. The van der Waals surface area contributed by atoms with E-state index in [1.807, 2.05) is 31.2 Å². The lowest BCUT2D eigenvalue weighted by molar-refractivity contribution is -0.117. The van der Waals surface area contributed by atoms with Crippen LogP contribution in [0.25, 0.3) is 0 Å². The van der Waals surface area contributed by atoms with Crippen LogP contribution in [0.5, 0.6) is 0 Å². The molecule has 0 bridgehead atoms. The predicted molar refractivity (Wildman–Crippen MR) is 108 cm³/mol. The first kappa shape index (κ1) is 17.6. The second-order valence-electron chi connectivity index (χ2n) is 5.94. The van der Waals surface area contributed by atoms with Crippen molar-refractivity contribution in [3.63, 3.8) is 0 Å². The molecule has 0 saturated carbocycles. The zero-order chi connectivity index (χ0) is 16.9. The molecule has 1 saturated heterocycles. The number of nitrogens with one attached hydrogen (secondary N) is 1. The van der Waals surface area contributed by atoms with E-state index >= 15 is 0 Å². The van der Waals surface area contributed by atoms with Crippen LogP contribution >= 0.6 is 33.9 Å². The van der Waals surface area contributed by atoms with Crippen LogP contribution in [-0.2, 0) is 4.79 Å². The van der Waals surface area contributed by atoms with E-state index in [1.54, 1.807) is 11.3 Å². The SMILES string of the molecule is Cc1csc(N2CCCN(CC(=O)Nc3ccc(I)cc3)CC2)n1. The van der Waals surface area contributed by atoms with Gasteiger partial charge in [0.05, 0.1) is 12.2 Å². The summed E-state index contributed by atoms with van der Waals surface area (Å²) in [5.41, 5.74) is 1.93. The molecule has 1 amide bonds. The summed E-state index contributed by atoms with van der Waals surface area (Å²) in [7, 11) is 0. The molecule has 0 spiro atoms. The summed E-state index contributed by atoms with van der Waals surface area (Å²) in [4.78, 5) is 21.4. The van der Waals surface area contributed by atoms with Gasteiger partial charge in [-0.15, -0.1) is 11.3 Å². The Balaban J connectivity index is 1.50. The van der Waals surface area contributed by atoms with E-state index in [0.29, 0.717) is 6.54 Å². The zero-order valence-electron chi connectivity index (χ0n) is 13.7. The predicted octanol–water partition coefficient (Wildman–Crippen LogP) is 3.21. The van der Waals surface area contributed by atoms with Gasteiger partial charge in [-0.25, -0.2) is 4.98 Å². The molecule has 5 nitrogen and oxygen atoms in total. The Morgan fingerprint density at radius 3 is 2.75 bits per heavy atom. The molecule has 0 aliphatic carbocycles. The van der Waals surface area contributed by atoms with Crippen molar-refractivity contribution < 1.29 is 4.79 Å². The smallest absolute Gasteiger partial charge is 0.238 e. The van der Waals surface area contributed by atoms with Crippen LogP contribution in [0.15, 0.2) is 29.6 Å². The molecule has 2 heterocycles. The van der Waals surface area contributed by atoms with E-state index in [9.17, 15) is 4.79 Å². The molecule has 7 heteroatoms. The maximum atomic E-state index is 12.3. The number of aryl methyl sites for hydroxylation is 1. The largest absolute Gasteiger partial charge is 0.347 e. The van der Waals surface area contributed by atoms with E-state index in [4.69, 9.17) is 0 Å². The van der Waals surface area contributed by atoms with Crippen molar-refractivity contribution in [3.05, 3.63) is 38.9 Å². The lowest BCUT2D eigenvalue weighted by Gasteiger charge is -2.21. The lowest BCUT2D eigenvalue weighted by atomic mass is 10.3. The van der Waals surface area contributed by atoms with E-state index in [2.05, 4.69) is 48.1 Å². The van der Waals surface area contributed by atoms with Crippen molar-refractivity contribution in [1.82, 2.24) is 9.88 Å². The third-order valence-corrected chi connectivity index (χ3v) is 5.70. The highest BCUT2D eigenvalue weighted by Crippen LogP contribution is 2.21. The van der Waals surface area contributed by atoms with Crippen LogP contribution in [0.3, 0.4) is 0 Å². The van der Waals surface area contributed by atoms with Gasteiger partial charge in [0.15, 0.2) is 5.13 Å². The summed E-state index contributed by atoms with van der Waals surface area (Å²) in [6.07, 6.45) is 1.05. The quantitative estimate of drug-likeness (QED) is 0.719. The van der Waals surface area contributed by atoms with Gasteiger partial charge < -0.3 is 10.2 Å². The standard InChI is InChI=1S/C17H21IN4OS/c1-13-12-24-17(19-13)22-8-2-7-21(9-10-22)11-16(23)20-15-5-3-14(18)4-6-15/h3-6,12H,2,7-11H2,1H3,(H,20,23). The summed E-state index contributed by atoms with van der Waals surface area (Å²) in [6.45, 7) is 6.22. The fourth-order valence-corrected chi connectivity index (χ4v) is 3.96. The van der Waals surface area contributed by atoms with Crippen LogP contribution in [-0.4, -0.2) is 48.5 Å². The molecule has 0 radical (unpaired) electrons. The fourth-order valence-electron chi connectivity index (χ4n) is 2.74. The first-order chi connectivity index (χ1) is 11.6. The van der Waals surface area contributed by atoms with Crippen molar-refractivity contribution in [1.29, 1.82) is 0 Å². The third-order valence-electron chi connectivity index (χ3n) is 3.96. The van der Waals surface area contributed by atoms with E-state index in [0.717, 1.165) is 52.7 Å². The van der Waals surface area contributed by atoms with Gasteiger partial charge in [-0.05, 0) is 60.2 Å². The maximum Gasteiger partial charge on any atom is 0.238 e. The molecule has 1 aromatic carbocycles. The molecule has 128 valence electrons. The van der Waals surface area contributed by atoms with Crippen molar-refractivity contribution in [2.75, 3.05) is 42.9 Å². The molecular formula is C17H21IN4OS. The summed E-state index contributed by atoms with van der Waals surface area (Å²) < 4.78 is 1.16. The zero-order valence-corrected chi connectivity index (χ0v) is 16.6. The van der Waals surface area contributed by atoms with Gasteiger partial charge in [0.2, 0.25) is 5.91 Å². The number of hydrogen-bond donors (Lipinski definition) is 1. The summed E-state index contributed by atoms with van der Waals surface area (Å²) in [5, 5.41) is 6.16. The van der Waals surface area contributed by atoms with E-state index in [-0.39, 0.29) is 5.91 Å². The highest BCUT2D eigenvalue weighted by atomic mass is 127. The number of rotatable bonds is 4. The second-order valence-corrected chi connectivity index (χ2v) is 8.03. The molecule has 0 atom stereocenters. The Morgan fingerprint density at radius 2 is 2.04 bits per heavy atom. The molecule has 1 aliphatic rings. The van der Waals surface area contributed by atoms with Gasteiger partial charge in [-0.2, -0.15) is 0 Å². The van der Waals surface area contributed by atoms with Crippen molar-refractivity contribution in [2.45, 2.75) is 13.3 Å². The van der Waals surface area contributed by atoms with Gasteiger partial charge >= 0.3 is 0 Å². The number of benzene rings is 1. The number of carbonyl (C=O) groups is 1. The lowest BCUT2D eigenvalue weighted by Crippen LogP contribution is -2.36. The Hall–Kier alpha value is -1.19. The Bertz CT molecular complexity index is 688. The fraction of sp³-hybridized carbons (Fsp3) is 0.412. The van der Waals surface area contributed by atoms with Crippen LogP contribution in [0.4, 0.5) is 10.8 Å². The minimum absolute atomic E-state index is 0.0507. The second kappa shape index (κ2) is 8.26. The number of anilines is 2. The van der Waals surface area contributed by atoms with Gasteiger partial charge in [0.1, 0.15) is 0 Å². The Labute approximate surface area is 160 Å². The third kappa shape index (κ3) is 4.90. The molecular weight excluding hydrogens is 435 g/mol. The molecule has 3 rings (SSSR count). The molecule has 1 fully saturated rings. The number of carbonyl (C=O) groups excluding carboxylic acids is 1. The number of nitrogens with zero attached hydrogens (tertiary/aromatic N) is 3. The topological polar surface area (TPSA) is 48.5 Å². The first-order valence-corrected chi connectivity index (χ1v) is 10.0. The normalized spacial score (nSPS) is 16.0. The average Bonchev–Trinajstić information content (AvgIpc) is 2.85. The summed E-state index contributed by atoms with van der Waals surface area (Å²) in [6, 6.07) is 7.87. The van der Waals surface area contributed by atoms with Gasteiger partial charge in [0, 0.05) is 40.8 Å². The minimum atomic E-state index is 0.0507. The number of hydrogen-bond acceptors (Lipinski definition) is 5. The van der Waals surface area contributed by atoms with Crippen LogP contribution < -0.4 is 10.2 Å². The molecule has 1 N–H and O–H groups in total. The number of halogens is 1. The van der Waals surface area contributed by atoms with Crippen LogP contribution in [0.2, 0.25) is 0 Å². The minimum Gasteiger partial charge on any atom is -0.347 e. The van der Waals surface area contributed by atoms with E-state index in [1.165, 1.54) is 0 Å². The number of amides is 1. The monoisotopic (exact) mass is 456 g/mol. The maximum absolute atomic E-state index is 12.3. The summed E-state index contributed by atoms with van der Waals surface area (Å²) >= 11 is 3.96. The Morgan fingerprint density at radius 1 is 1.25 bits per heavy atom. The first-order valence-electron chi connectivity index (χ1n) is 8.05. The van der Waals surface area contributed by atoms with Crippen LogP contribution in [0.1, 0.15) is 12.1 Å². The van der Waals surface area contributed by atoms with Crippen molar-refractivity contribution in [3.8, 4) is 0 Å². The van der Waals surface area contributed by atoms with Gasteiger partial charge in [-0.1, -0.05) is 0 Å². The molecule has 2 aromatic rings. The van der Waals surface area contributed by atoms with Gasteiger partial charge in [-0.3, -0.25) is 9.69 Å². The van der Waals surface area contributed by atoms with Crippen molar-refractivity contribution >= 4 is 50.7 Å². The number of thiazole rings is 1. The molecule has 1 aliphatic heterocycles. The number of aromatic nitrogens is 1. The van der Waals surface area contributed by atoms with Crippen LogP contribution in [0, 0.1) is 10.5 Å². The molecule has 0 unspecified atom stereocenters. The molecule has 24 heavy (non-hydrogen) atoms. The van der Waals surface area contributed by atoms with Crippen molar-refractivity contribution in [2.24, 2.45) is 0 Å². The average molecular weight is 456 g/mol. The van der Waals surface area contributed by atoms with Gasteiger partial charge in [0.25, 0.3) is 0 Å².